The number of H-pyrrole nitrogens is 1. The van der Waals surface area contributed by atoms with E-state index in [1.54, 1.807) is 6.92 Å². The average molecular weight is 411 g/mol. The van der Waals surface area contributed by atoms with Gasteiger partial charge >= 0.3 is 0 Å². The molecule has 0 spiro atoms. The minimum atomic E-state index is -3.20. The molecule has 2 aliphatic heterocycles. The van der Waals surface area contributed by atoms with E-state index in [1.807, 2.05) is 18.7 Å². The molecule has 0 saturated carbocycles. The third-order valence-electron chi connectivity index (χ3n) is 6.01. The topological polar surface area (TPSA) is 103 Å². The molecule has 28 heavy (non-hydrogen) atoms. The van der Waals surface area contributed by atoms with Crippen molar-refractivity contribution in [3.8, 4) is 0 Å². The summed E-state index contributed by atoms with van der Waals surface area (Å²) in [6.07, 6.45) is 3.36. The maximum atomic E-state index is 13.1. The number of hydrogen-bond donors (Lipinski definition) is 1. The molecule has 2 aliphatic rings. The number of piperidine rings is 1. The fourth-order valence-electron chi connectivity index (χ4n) is 4.32. The number of aryl methyl sites for hydroxylation is 1. The van der Waals surface area contributed by atoms with Gasteiger partial charge in [-0.05, 0) is 46.0 Å². The predicted molar refractivity (Wildman–Crippen MR) is 106 cm³/mol. The lowest BCUT2D eigenvalue weighted by Gasteiger charge is -2.34. The molecule has 1 N–H and O–H groups in total. The minimum Gasteiger partial charge on any atom is -0.332 e. The third-order valence-corrected chi connectivity index (χ3v) is 7.89. The molecule has 1 amide bonds. The number of carbonyl (C=O) groups excluding carboxylic acids is 1. The number of carbonyl (C=O) groups is 1. The van der Waals surface area contributed by atoms with Crippen LogP contribution in [0.2, 0.25) is 0 Å². The number of aromatic amines is 1. The molecule has 3 heterocycles. The van der Waals surface area contributed by atoms with E-state index >= 15 is 0 Å². The van der Waals surface area contributed by atoms with Crippen LogP contribution in [0.1, 0.15) is 62.7 Å². The Balaban J connectivity index is 1.73. The van der Waals surface area contributed by atoms with Crippen LogP contribution in [0.5, 0.6) is 0 Å². The van der Waals surface area contributed by atoms with Gasteiger partial charge in [0, 0.05) is 36.8 Å². The molecular formula is C19H30N4O4S. The molecule has 8 nitrogen and oxygen atoms in total. The molecule has 2 fully saturated rings. The van der Waals surface area contributed by atoms with Crippen LogP contribution in [0.15, 0.2) is 4.79 Å². The quantitative estimate of drug-likeness (QED) is 0.789. The fourth-order valence-corrected chi connectivity index (χ4v) is 5.45. The van der Waals surface area contributed by atoms with Crippen molar-refractivity contribution in [1.29, 1.82) is 0 Å². The van der Waals surface area contributed by atoms with Crippen molar-refractivity contribution in [3.63, 3.8) is 0 Å². The zero-order valence-electron chi connectivity index (χ0n) is 16.9. The van der Waals surface area contributed by atoms with E-state index in [1.165, 1.54) is 4.31 Å². The zero-order valence-corrected chi connectivity index (χ0v) is 17.7. The molecule has 0 radical (unpaired) electrons. The van der Waals surface area contributed by atoms with Crippen LogP contribution >= 0.6 is 0 Å². The highest BCUT2D eigenvalue weighted by Gasteiger charge is 2.38. The molecule has 0 bridgehead atoms. The van der Waals surface area contributed by atoms with Gasteiger partial charge in [0.15, 0.2) is 0 Å². The maximum absolute atomic E-state index is 13.1. The highest BCUT2D eigenvalue weighted by atomic mass is 32.2. The molecule has 1 atom stereocenters. The van der Waals surface area contributed by atoms with E-state index < -0.39 is 10.0 Å². The first-order chi connectivity index (χ1) is 13.3. The van der Waals surface area contributed by atoms with Crippen LogP contribution in [-0.4, -0.2) is 58.9 Å². The highest BCUT2D eigenvalue weighted by molar-refractivity contribution is 7.89. The molecule has 0 unspecified atom stereocenters. The smallest absolute Gasteiger partial charge is 0.254 e. The van der Waals surface area contributed by atoms with Crippen LogP contribution in [0.4, 0.5) is 0 Å². The second-order valence-electron chi connectivity index (χ2n) is 7.63. The molecule has 0 aromatic carbocycles. The summed E-state index contributed by atoms with van der Waals surface area (Å²) in [5, 5.41) is 0. The standard InChI is InChI=1S/C19H30N4O4S/c1-4-15-13(3)20-17(21-18(15)24)16-7-6-10-23(16)19(25)14-8-11-22(12-9-14)28(26,27)5-2/h14,16H,4-12H2,1-3H3,(H,20,21,24)/t16-/m0/s1. The number of likely N-dealkylation sites (tertiary alicyclic amines) is 1. The van der Waals surface area contributed by atoms with E-state index in [4.69, 9.17) is 0 Å². The first kappa shape index (κ1) is 21.0. The predicted octanol–water partition coefficient (Wildman–Crippen LogP) is 1.37. The number of nitrogens with zero attached hydrogens (tertiary/aromatic N) is 3. The minimum absolute atomic E-state index is 0.0518. The van der Waals surface area contributed by atoms with Crippen molar-refractivity contribution in [2.75, 3.05) is 25.4 Å². The summed E-state index contributed by atoms with van der Waals surface area (Å²) >= 11 is 0. The maximum Gasteiger partial charge on any atom is 0.254 e. The monoisotopic (exact) mass is 410 g/mol. The third kappa shape index (κ3) is 4.00. The number of rotatable bonds is 5. The molecule has 1 aromatic rings. The normalized spacial score (nSPS) is 22.0. The molecule has 0 aliphatic carbocycles. The van der Waals surface area contributed by atoms with Gasteiger partial charge in [0.05, 0.1) is 11.8 Å². The van der Waals surface area contributed by atoms with E-state index in [-0.39, 0.29) is 29.2 Å². The molecule has 2 saturated heterocycles. The van der Waals surface area contributed by atoms with E-state index in [2.05, 4.69) is 9.97 Å². The molecule has 1 aromatic heterocycles. The van der Waals surface area contributed by atoms with Gasteiger partial charge in [0.2, 0.25) is 15.9 Å². The zero-order chi connectivity index (χ0) is 20.5. The van der Waals surface area contributed by atoms with Gasteiger partial charge in [-0.1, -0.05) is 6.92 Å². The van der Waals surface area contributed by atoms with Gasteiger partial charge in [-0.3, -0.25) is 9.59 Å². The Bertz CT molecular complexity index is 888. The molecule has 9 heteroatoms. The number of hydrogen-bond acceptors (Lipinski definition) is 5. The summed E-state index contributed by atoms with van der Waals surface area (Å²) in [6.45, 7) is 6.84. The summed E-state index contributed by atoms with van der Waals surface area (Å²) in [7, 11) is -3.20. The van der Waals surface area contributed by atoms with E-state index in [0.29, 0.717) is 50.3 Å². The van der Waals surface area contributed by atoms with Crippen LogP contribution in [0, 0.1) is 12.8 Å². The Labute approximate surface area is 166 Å². The fraction of sp³-hybridized carbons (Fsp3) is 0.737. The first-order valence-electron chi connectivity index (χ1n) is 10.2. The lowest BCUT2D eigenvalue weighted by molar-refractivity contribution is -0.137. The lowest BCUT2D eigenvalue weighted by atomic mass is 9.96. The van der Waals surface area contributed by atoms with Crippen LogP contribution < -0.4 is 5.56 Å². The second-order valence-corrected chi connectivity index (χ2v) is 9.89. The van der Waals surface area contributed by atoms with Crippen molar-refractivity contribution in [2.45, 2.75) is 58.9 Å². The number of aromatic nitrogens is 2. The van der Waals surface area contributed by atoms with Gasteiger partial charge in [-0.25, -0.2) is 17.7 Å². The van der Waals surface area contributed by atoms with E-state index in [9.17, 15) is 18.0 Å². The van der Waals surface area contributed by atoms with Crippen molar-refractivity contribution >= 4 is 15.9 Å². The summed E-state index contributed by atoms with van der Waals surface area (Å²) < 4.78 is 25.5. The molecule has 3 rings (SSSR count). The van der Waals surface area contributed by atoms with Gasteiger partial charge < -0.3 is 9.88 Å². The number of sulfonamides is 1. The molecular weight excluding hydrogens is 380 g/mol. The Morgan fingerprint density at radius 2 is 1.86 bits per heavy atom. The number of amides is 1. The van der Waals surface area contributed by atoms with Gasteiger partial charge in [0.25, 0.3) is 5.56 Å². The summed E-state index contributed by atoms with van der Waals surface area (Å²) in [5.41, 5.74) is 1.28. The Hall–Kier alpha value is -1.74. The van der Waals surface area contributed by atoms with Crippen LogP contribution in [-0.2, 0) is 21.2 Å². The van der Waals surface area contributed by atoms with Crippen molar-refractivity contribution in [1.82, 2.24) is 19.2 Å². The summed E-state index contributed by atoms with van der Waals surface area (Å²) in [4.78, 5) is 34.8. The van der Waals surface area contributed by atoms with Crippen LogP contribution in [0.25, 0.3) is 0 Å². The summed E-state index contributed by atoms with van der Waals surface area (Å²) in [6, 6.07) is -0.206. The summed E-state index contributed by atoms with van der Waals surface area (Å²) in [5.74, 6) is 0.533. The van der Waals surface area contributed by atoms with Gasteiger partial charge in [0.1, 0.15) is 5.82 Å². The van der Waals surface area contributed by atoms with Crippen molar-refractivity contribution in [3.05, 3.63) is 27.4 Å². The Morgan fingerprint density at radius 3 is 2.43 bits per heavy atom. The van der Waals surface area contributed by atoms with E-state index in [0.717, 1.165) is 18.5 Å². The molecule has 156 valence electrons. The first-order valence-corrected chi connectivity index (χ1v) is 11.8. The van der Waals surface area contributed by atoms with Gasteiger partial charge in [-0.15, -0.1) is 0 Å². The number of nitrogens with one attached hydrogen (secondary N) is 1. The lowest BCUT2D eigenvalue weighted by Crippen LogP contribution is -2.45. The largest absolute Gasteiger partial charge is 0.332 e. The highest BCUT2D eigenvalue weighted by Crippen LogP contribution is 2.33. The Kier molecular flexibility index (Phi) is 6.24. The van der Waals surface area contributed by atoms with Crippen molar-refractivity contribution < 1.29 is 13.2 Å². The average Bonchev–Trinajstić information content (AvgIpc) is 3.17. The SMILES string of the molecule is CCc1c(C)nc([C@@H]2CCCN2C(=O)C2CCN(S(=O)(=O)CC)CC2)[nH]c1=O. The van der Waals surface area contributed by atoms with Crippen molar-refractivity contribution in [2.24, 2.45) is 5.92 Å². The second kappa shape index (κ2) is 8.32. The Morgan fingerprint density at radius 1 is 1.18 bits per heavy atom. The van der Waals surface area contributed by atoms with Crippen LogP contribution in [0.3, 0.4) is 0 Å². The van der Waals surface area contributed by atoms with Gasteiger partial charge in [-0.2, -0.15) is 0 Å².